The maximum atomic E-state index is 13.4. The van der Waals surface area contributed by atoms with Gasteiger partial charge < -0.3 is 4.74 Å². The zero-order chi connectivity index (χ0) is 12.1. The van der Waals surface area contributed by atoms with Crippen LogP contribution in [-0.2, 0) is 4.74 Å². The maximum absolute atomic E-state index is 13.4. The second-order valence-electron chi connectivity index (χ2n) is 3.65. The molecule has 0 saturated carbocycles. The Bertz CT molecular complexity index is 183. The molecule has 92 valence electrons. The first-order chi connectivity index (χ1) is 6.88. The summed E-state index contributed by atoms with van der Waals surface area (Å²) in [7, 11) is -1.87. The first-order valence-electron chi connectivity index (χ1n) is 5.02. The molecule has 0 atom stereocenters. The van der Waals surface area contributed by atoms with Crippen molar-refractivity contribution in [3.05, 3.63) is 0 Å². The molecule has 6 heteroatoms. The van der Waals surface area contributed by atoms with Crippen molar-refractivity contribution in [1.82, 2.24) is 0 Å². The van der Waals surface area contributed by atoms with Crippen LogP contribution in [0.5, 0.6) is 0 Å². The Morgan fingerprint density at radius 3 is 1.93 bits per heavy atom. The van der Waals surface area contributed by atoms with Crippen LogP contribution in [0.4, 0.5) is 17.6 Å². The lowest BCUT2D eigenvalue weighted by Crippen LogP contribution is -2.56. The fraction of sp³-hybridized carbons (Fsp3) is 1.00. The van der Waals surface area contributed by atoms with Crippen molar-refractivity contribution >= 4 is 8.07 Å². The second kappa shape index (κ2) is 5.84. The van der Waals surface area contributed by atoms with Gasteiger partial charge in [0.25, 0.3) is 12.0 Å². The molecule has 0 unspecified atom stereocenters. The van der Waals surface area contributed by atoms with E-state index in [9.17, 15) is 17.6 Å². The van der Waals surface area contributed by atoms with Crippen LogP contribution in [0, 0.1) is 0 Å². The van der Waals surface area contributed by atoms with Crippen molar-refractivity contribution in [1.29, 1.82) is 0 Å². The molecule has 1 nitrogen and oxygen atoms in total. The zero-order valence-electron chi connectivity index (χ0n) is 9.33. The highest BCUT2D eigenvalue weighted by molar-refractivity contribution is 6.82. The average molecular weight is 246 g/mol. The molecule has 0 aromatic rings. The first kappa shape index (κ1) is 14.9. The average Bonchev–Trinajstić information content (AvgIpc) is 2.19. The number of rotatable bonds is 7. The standard InChI is InChI=1S/C9H18F4OSi/c1-4-15(5-2,7-6-14-3)9(12,13)8(10)11/h8H,4-7H2,1-3H3. The summed E-state index contributed by atoms with van der Waals surface area (Å²) in [6.07, 6.45) is -3.55. The Hall–Kier alpha value is -0.103. The topological polar surface area (TPSA) is 9.23 Å². The van der Waals surface area contributed by atoms with Crippen molar-refractivity contribution in [2.75, 3.05) is 13.7 Å². The lowest BCUT2D eigenvalue weighted by Gasteiger charge is -2.36. The Morgan fingerprint density at radius 1 is 1.20 bits per heavy atom. The van der Waals surface area contributed by atoms with Crippen molar-refractivity contribution in [2.24, 2.45) is 0 Å². The third-order valence-corrected chi connectivity index (χ3v) is 8.62. The van der Waals surface area contributed by atoms with Crippen LogP contribution < -0.4 is 0 Å². The molecule has 0 aliphatic rings. The Labute approximate surface area is 88.8 Å². The SMILES string of the molecule is CC[Si](CC)(CCOC)C(F)(F)C(F)F. The minimum absolute atomic E-state index is 0.0911. The van der Waals surface area contributed by atoms with E-state index in [4.69, 9.17) is 4.74 Å². The maximum Gasteiger partial charge on any atom is 0.296 e. The summed E-state index contributed by atoms with van der Waals surface area (Å²) >= 11 is 0. The summed E-state index contributed by atoms with van der Waals surface area (Å²) in [6.45, 7) is 3.28. The van der Waals surface area contributed by atoms with Gasteiger partial charge in [-0.05, 0) is 6.04 Å². The van der Waals surface area contributed by atoms with Crippen LogP contribution in [0.2, 0.25) is 18.1 Å². The van der Waals surface area contributed by atoms with Crippen molar-refractivity contribution < 1.29 is 22.3 Å². The van der Waals surface area contributed by atoms with Crippen LogP contribution in [0.25, 0.3) is 0 Å². The Balaban J connectivity index is 4.89. The van der Waals surface area contributed by atoms with Crippen LogP contribution >= 0.6 is 0 Å². The van der Waals surface area contributed by atoms with E-state index in [-0.39, 0.29) is 24.7 Å². The molecule has 0 N–H and O–H groups in total. The van der Waals surface area contributed by atoms with Gasteiger partial charge in [-0.25, -0.2) is 17.6 Å². The number of ether oxygens (including phenoxy) is 1. The quantitative estimate of drug-likeness (QED) is 0.493. The van der Waals surface area contributed by atoms with E-state index < -0.39 is 20.0 Å². The monoisotopic (exact) mass is 246 g/mol. The Kier molecular flexibility index (Phi) is 5.80. The normalized spacial score (nSPS) is 13.6. The van der Waals surface area contributed by atoms with E-state index in [1.807, 2.05) is 0 Å². The van der Waals surface area contributed by atoms with Crippen molar-refractivity contribution in [2.45, 2.75) is 44.0 Å². The van der Waals surface area contributed by atoms with E-state index in [0.29, 0.717) is 0 Å². The summed E-state index contributed by atoms with van der Waals surface area (Å²) in [5.41, 5.74) is -3.81. The molecule has 0 amide bonds. The first-order valence-corrected chi connectivity index (χ1v) is 7.65. The lowest BCUT2D eigenvalue weighted by molar-refractivity contribution is -0.0746. The molecule has 0 fully saturated rings. The van der Waals surface area contributed by atoms with Gasteiger partial charge in [-0.15, -0.1) is 0 Å². The fourth-order valence-corrected chi connectivity index (χ4v) is 5.31. The second-order valence-corrected chi connectivity index (χ2v) is 8.80. The third-order valence-electron chi connectivity index (χ3n) is 3.12. The summed E-state index contributed by atoms with van der Waals surface area (Å²) in [5, 5.41) is 0. The van der Waals surface area contributed by atoms with E-state index in [1.54, 1.807) is 13.8 Å². The summed E-state index contributed by atoms with van der Waals surface area (Å²) in [5.74, 6) is 0. The summed E-state index contributed by atoms with van der Waals surface area (Å²) in [4.78, 5) is 0. The molecule has 0 rings (SSSR count). The zero-order valence-corrected chi connectivity index (χ0v) is 10.3. The Morgan fingerprint density at radius 2 is 1.67 bits per heavy atom. The minimum atomic E-state index is -3.81. The van der Waals surface area contributed by atoms with Gasteiger partial charge in [-0.3, -0.25) is 0 Å². The highest BCUT2D eigenvalue weighted by atomic mass is 28.3. The largest absolute Gasteiger partial charge is 0.385 e. The number of halogens is 4. The molecule has 0 aliphatic heterocycles. The predicted octanol–water partition coefficient (Wildman–Crippen LogP) is 3.56. The van der Waals surface area contributed by atoms with E-state index >= 15 is 0 Å². The minimum Gasteiger partial charge on any atom is -0.385 e. The number of methoxy groups -OCH3 is 1. The van der Waals surface area contributed by atoms with Crippen LogP contribution in [0.15, 0.2) is 0 Å². The summed E-state index contributed by atoms with van der Waals surface area (Å²) in [6, 6.07) is 0.405. The van der Waals surface area contributed by atoms with E-state index in [2.05, 4.69) is 0 Å². The molecule has 0 saturated heterocycles. The fourth-order valence-electron chi connectivity index (χ4n) is 1.77. The number of hydrogen-bond donors (Lipinski definition) is 0. The molecule has 0 aromatic carbocycles. The highest BCUT2D eigenvalue weighted by Crippen LogP contribution is 2.40. The van der Waals surface area contributed by atoms with Gasteiger partial charge in [0.1, 0.15) is 8.07 Å². The molecule has 0 radical (unpaired) electrons. The van der Waals surface area contributed by atoms with Crippen molar-refractivity contribution in [3.8, 4) is 0 Å². The molecule has 0 bridgehead atoms. The molecule has 0 heterocycles. The molecular formula is C9H18F4OSi. The third kappa shape index (κ3) is 2.93. The van der Waals surface area contributed by atoms with Gasteiger partial charge in [0.2, 0.25) is 0 Å². The predicted molar refractivity (Wildman–Crippen MR) is 54.4 cm³/mol. The molecule has 0 aliphatic carbocycles. The van der Waals surface area contributed by atoms with Crippen LogP contribution in [0.1, 0.15) is 13.8 Å². The van der Waals surface area contributed by atoms with Crippen molar-refractivity contribution in [3.63, 3.8) is 0 Å². The molecule has 0 aromatic heterocycles. The number of alkyl halides is 4. The van der Waals surface area contributed by atoms with Gasteiger partial charge >= 0.3 is 0 Å². The summed E-state index contributed by atoms with van der Waals surface area (Å²) < 4.78 is 56.3. The van der Waals surface area contributed by atoms with E-state index in [0.717, 1.165) is 0 Å². The van der Waals surface area contributed by atoms with Gasteiger partial charge in [0, 0.05) is 13.7 Å². The van der Waals surface area contributed by atoms with Gasteiger partial charge in [0.05, 0.1) is 0 Å². The van der Waals surface area contributed by atoms with Gasteiger partial charge in [-0.2, -0.15) is 0 Å². The van der Waals surface area contributed by atoms with Crippen LogP contribution in [-0.4, -0.2) is 33.8 Å². The van der Waals surface area contributed by atoms with Gasteiger partial charge in [0.15, 0.2) is 0 Å². The lowest BCUT2D eigenvalue weighted by atomic mass is 10.7. The smallest absolute Gasteiger partial charge is 0.296 e. The van der Waals surface area contributed by atoms with Crippen LogP contribution in [0.3, 0.4) is 0 Å². The molecular weight excluding hydrogens is 228 g/mol. The highest BCUT2D eigenvalue weighted by Gasteiger charge is 2.58. The molecule has 0 spiro atoms. The number of hydrogen-bond acceptors (Lipinski definition) is 1. The van der Waals surface area contributed by atoms with E-state index in [1.165, 1.54) is 7.11 Å². The van der Waals surface area contributed by atoms with Gasteiger partial charge in [-0.1, -0.05) is 25.9 Å². The molecule has 15 heavy (non-hydrogen) atoms.